The van der Waals surface area contributed by atoms with E-state index in [4.69, 9.17) is 5.10 Å². The minimum absolute atomic E-state index is 0.0638. The Hall–Kier alpha value is -4.80. The standard InChI is InChI=1S/C37H39F2N11O2S/c1-3-45-10-14-47(15-11-45)30-18-29-31(40-34(30)39)33(52)25(20-49(29)22-6-7-22)36-43-50-35(41-42-37(50)53-36)24-19-48(21-4-5-21)27-17-28(26(38)16-23(27)32(24)51)46-12-8-44(2)9-13-46/h16-22H,3-15H2,1-2H3. The second-order valence-electron chi connectivity index (χ2n) is 14.8. The molecule has 0 bridgehead atoms. The first-order valence-electron chi connectivity index (χ1n) is 18.5. The maximum absolute atomic E-state index is 15.7. The van der Waals surface area contributed by atoms with E-state index in [0.717, 1.165) is 58.4 Å². The summed E-state index contributed by atoms with van der Waals surface area (Å²) in [5.41, 5.74) is 2.05. The summed E-state index contributed by atoms with van der Waals surface area (Å²) in [6.45, 7) is 9.23. The summed E-state index contributed by atoms with van der Waals surface area (Å²) < 4.78 is 37.0. The molecule has 7 heterocycles. The summed E-state index contributed by atoms with van der Waals surface area (Å²) in [5, 5.41) is 14.1. The largest absolute Gasteiger partial charge is 0.367 e. The van der Waals surface area contributed by atoms with E-state index in [9.17, 15) is 9.59 Å². The van der Waals surface area contributed by atoms with Crippen LogP contribution in [-0.2, 0) is 0 Å². The molecule has 2 aliphatic carbocycles. The number of pyridine rings is 3. The van der Waals surface area contributed by atoms with Gasteiger partial charge < -0.3 is 28.7 Å². The third-order valence-electron chi connectivity index (χ3n) is 11.4. The molecule has 4 fully saturated rings. The fourth-order valence-corrected chi connectivity index (χ4v) is 8.77. The molecule has 2 aliphatic heterocycles. The molecule has 274 valence electrons. The molecule has 2 saturated carbocycles. The number of halogens is 2. The highest BCUT2D eigenvalue weighted by Gasteiger charge is 2.31. The second-order valence-corrected chi connectivity index (χ2v) is 15.8. The van der Waals surface area contributed by atoms with Crippen molar-refractivity contribution in [1.29, 1.82) is 0 Å². The average Bonchev–Trinajstić information content (AvgIpc) is 4.10. The number of nitrogens with zero attached hydrogens (tertiary/aromatic N) is 11. The third kappa shape index (κ3) is 5.52. The Balaban J connectivity index is 1.06. The number of hydrogen-bond acceptors (Lipinski definition) is 11. The van der Waals surface area contributed by atoms with Gasteiger partial charge in [-0.1, -0.05) is 18.3 Å². The van der Waals surface area contributed by atoms with Crippen LogP contribution in [0.25, 0.3) is 48.9 Å². The van der Waals surface area contributed by atoms with E-state index in [2.05, 4.69) is 43.5 Å². The number of hydrogen-bond donors (Lipinski definition) is 0. The SMILES string of the molecule is CCN1CCN(c2cc3c(nc2F)c(=O)c(-c2nn4c(-c5cn(C6CC6)c6cc(N7CCN(C)CC7)c(F)cc6c5=O)nnc4s2)cn3C2CC2)CC1. The van der Waals surface area contributed by atoms with Gasteiger partial charge in [0.2, 0.25) is 21.8 Å². The maximum Gasteiger partial charge on any atom is 0.237 e. The molecular weight excluding hydrogens is 701 g/mol. The highest BCUT2D eigenvalue weighted by Crippen LogP contribution is 2.41. The summed E-state index contributed by atoms with van der Waals surface area (Å²) in [5.74, 6) is -0.872. The van der Waals surface area contributed by atoms with Crippen LogP contribution >= 0.6 is 11.3 Å². The minimum Gasteiger partial charge on any atom is -0.367 e. The van der Waals surface area contributed by atoms with Crippen LogP contribution in [0.1, 0.15) is 44.7 Å². The van der Waals surface area contributed by atoms with Gasteiger partial charge in [-0.2, -0.15) is 14.0 Å². The van der Waals surface area contributed by atoms with E-state index in [0.29, 0.717) is 58.6 Å². The number of benzene rings is 1. The number of aromatic nitrogens is 7. The van der Waals surface area contributed by atoms with Crippen molar-refractivity contribution >= 4 is 49.6 Å². The molecule has 16 heteroatoms. The fraction of sp³-hybridized carbons (Fsp3) is 0.459. The van der Waals surface area contributed by atoms with Gasteiger partial charge in [-0.05, 0) is 57.5 Å². The maximum atomic E-state index is 15.7. The molecular formula is C37H39F2N11O2S. The Bertz CT molecular complexity index is 2560. The second kappa shape index (κ2) is 12.4. The van der Waals surface area contributed by atoms with Crippen LogP contribution < -0.4 is 20.7 Å². The predicted octanol–water partition coefficient (Wildman–Crippen LogP) is 4.39. The lowest BCUT2D eigenvalue weighted by Crippen LogP contribution is -2.46. The molecule has 0 radical (unpaired) electrons. The van der Waals surface area contributed by atoms with Crippen LogP contribution in [0.5, 0.6) is 0 Å². The Morgan fingerprint density at radius 2 is 1.42 bits per heavy atom. The molecule has 0 spiro atoms. The van der Waals surface area contributed by atoms with Gasteiger partial charge in [-0.3, -0.25) is 9.59 Å². The normalized spacial score (nSPS) is 19.0. The van der Waals surface area contributed by atoms with Crippen molar-refractivity contribution < 1.29 is 8.78 Å². The van der Waals surface area contributed by atoms with Crippen molar-refractivity contribution in [1.82, 2.24) is 43.7 Å². The number of fused-ring (bicyclic) bond motifs is 3. The van der Waals surface area contributed by atoms with Gasteiger partial charge >= 0.3 is 0 Å². The minimum atomic E-state index is -0.658. The van der Waals surface area contributed by atoms with Crippen molar-refractivity contribution in [2.75, 3.05) is 75.8 Å². The fourth-order valence-electron chi connectivity index (χ4n) is 7.92. The summed E-state index contributed by atoms with van der Waals surface area (Å²) in [6, 6.07) is 5.31. The van der Waals surface area contributed by atoms with Gasteiger partial charge in [0, 0.05) is 82.2 Å². The Morgan fingerprint density at radius 1 is 0.774 bits per heavy atom. The smallest absolute Gasteiger partial charge is 0.237 e. The van der Waals surface area contributed by atoms with E-state index >= 15 is 8.78 Å². The van der Waals surface area contributed by atoms with Gasteiger partial charge in [0.25, 0.3) is 0 Å². The molecule has 6 aromatic rings. The molecule has 4 aliphatic rings. The Kier molecular flexibility index (Phi) is 7.67. The summed E-state index contributed by atoms with van der Waals surface area (Å²) in [4.78, 5) is 41.5. The van der Waals surface area contributed by atoms with Gasteiger partial charge in [0.1, 0.15) is 11.3 Å². The lowest BCUT2D eigenvalue weighted by molar-refractivity contribution is 0.270. The lowest BCUT2D eigenvalue weighted by atomic mass is 10.1. The van der Waals surface area contributed by atoms with Crippen LogP contribution in [0, 0.1) is 11.8 Å². The summed E-state index contributed by atoms with van der Waals surface area (Å²) in [7, 11) is 2.06. The molecule has 1 aromatic carbocycles. The van der Waals surface area contributed by atoms with Crippen molar-refractivity contribution in [3.8, 4) is 22.0 Å². The first kappa shape index (κ1) is 32.8. The van der Waals surface area contributed by atoms with Gasteiger partial charge in [-0.15, -0.1) is 10.2 Å². The number of likely N-dealkylation sites (N-methyl/N-ethyl adjacent to an activating group) is 2. The molecule has 5 aromatic heterocycles. The van der Waals surface area contributed by atoms with E-state index in [1.54, 1.807) is 12.3 Å². The van der Waals surface area contributed by atoms with Crippen molar-refractivity contribution in [3.63, 3.8) is 0 Å². The lowest BCUT2D eigenvalue weighted by Gasteiger charge is -2.35. The van der Waals surface area contributed by atoms with Crippen LogP contribution in [0.2, 0.25) is 0 Å². The Morgan fingerprint density at radius 3 is 2.11 bits per heavy atom. The monoisotopic (exact) mass is 739 g/mol. The summed E-state index contributed by atoms with van der Waals surface area (Å²) >= 11 is 1.17. The molecule has 0 atom stereocenters. The highest BCUT2D eigenvalue weighted by molar-refractivity contribution is 7.19. The Labute approximate surface area is 306 Å². The van der Waals surface area contributed by atoms with Crippen LogP contribution in [0.15, 0.2) is 40.2 Å². The first-order chi connectivity index (χ1) is 25.7. The van der Waals surface area contributed by atoms with Gasteiger partial charge in [0.05, 0.1) is 33.5 Å². The summed E-state index contributed by atoms with van der Waals surface area (Å²) in [6.07, 6.45) is 7.41. The van der Waals surface area contributed by atoms with Crippen LogP contribution in [-0.4, -0.2) is 110 Å². The molecule has 0 N–H and O–H groups in total. The third-order valence-corrected chi connectivity index (χ3v) is 12.3. The molecule has 10 rings (SSSR count). The quantitative estimate of drug-likeness (QED) is 0.219. The highest BCUT2D eigenvalue weighted by atomic mass is 32.1. The zero-order valence-corrected chi connectivity index (χ0v) is 30.5. The number of rotatable bonds is 7. The van der Waals surface area contributed by atoms with E-state index in [-0.39, 0.29) is 45.4 Å². The number of anilines is 2. The molecule has 0 amide bonds. The van der Waals surface area contributed by atoms with E-state index in [1.807, 2.05) is 26.6 Å². The van der Waals surface area contributed by atoms with Crippen LogP contribution in [0.3, 0.4) is 0 Å². The van der Waals surface area contributed by atoms with E-state index in [1.165, 1.54) is 21.9 Å². The first-order valence-corrected chi connectivity index (χ1v) is 19.3. The van der Waals surface area contributed by atoms with Crippen molar-refractivity contribution in [2.24, 2.45) is 0 Å². The zero-order valence-electron chi connectivity index (χ0n) is 29.6. The number of piperazine rings is 2. The molecule has 0 unspecified atom stereocenters. The van der Waals surface area contributed by atoms with Gasteiger partial charge in [0.15, 0.2) is 10.8 Å². The molecule has 53 heavy (non-hydrogen) atoms. The zero-order chi connectivity index (χ0) is 36.1. The predicted molar refractivity (Wildman–Crippen MR) is 201 cm³/mol. The molecule has 2 saturated heterocycles. The topological polar surface area (TPSA) is 113 Å². The van der Waals surface area contributed by atoms with Gasteiger partial charge in [-0.25, -0.2) is 9.37 Å². The average molecular weight is 740 g/mol. The van der Waals surface area contributed by atoms with Crippen molar-refractivity contribution in [3.05, 3.63) is 62.8 Å². The molecule has 13 nitrogen and oxygen atoms in total. The van der Waals surface area contributed by atoms with E-state index < -0.39 is 17.2 Å². The van der Waals surface area contributed by atoms with Crippen LogP contribution in [0.4, 0.5) is 20.2 Å². The van der Waals surface area contributed by atoms with Crippen molar-refractivity contribution in [2.45, 2.75) is 44.7 Å².